The van der Waals surface area contributed by atoms with Gasteiger partial charge in [0.1, 0.15) is 11.0 Å². The van der Waals surface area contributed by atoms with Gasteiger partial charge in [0.15, 0.2) is 11.6 Å². The van der Waals surface area contributed by atoms with Crippen molar-refractivity contribution in [2.75, 3.05) is 98.4 Å². The Bertz CT molecular complexity index is 886. The number of piperidine rings is 2. The van der Waals surface area contributed by atoms with Crippen LogP contribution in [0.15, 0.2) is 0 Å². The standard InChI is InChI=1S/C24H40N8O4.ClH/c33-15-11-31(12-16-34)23-26-20-19(21(27-23)29-7-3-1-4-8-29)25-24(32(13-17-35)14-18-36)28-22(20)30-9-5-2-6-10-30;/h33-36H,1-18H2;1H. The third-order valence-electron chi connectivity index (χ3n) is 6.84. The van der Waals surface area contributed by atoms with Crippen molar-refractivity contribution in [3.63, 3.8) is 0 Å². The summed E-state index contributed by atoms with van der Waals surface area (Å²) in [5.74, 6) is 2.35. The number of fused-ring (bicyclic) bond motifs is 1. The van der Waals surface area contributed by atoms with E-state index < -0.39 is 0 Å². The lowest BCUT2D eigenvalue weighted by Gasteiger charge is -2.33. The van der Waals surface area contributed by atoms with Crippen LogP contribution in [0.1, 0.15) is 38.5 Å². The van der Waals surface area contributed by atoms with E-state index in [2.05, 4.69) is 9.80 Å². The maximum absolute atomic E-state index is 9.64. The second-order valence-electron chi connectivity index (χ2n) is 9.36. The monoisotopic (exact) mass is 540 g/mol. The van der Waals surface area contributed by atoms with Crippen LogP contribution in [-0.2, 0) is 0 Å². The molecule has 4 N–H and O–H groups in total. The van der Waals surface area contributed by atoms with Crippen LogP contribution in [0.3, 0.4) is 0 Å². The van der Waals surface area contributed by atoms with E-state index in [0.29, 0.717) is 49.1 Å². The molecule has 2 aromatic rings. The molecule has 0 spiro atoms. The van der Waals surface area contributed by atoms with Crippen molar-refractivity contribution >= 4 is 47.0 Å². The summed E-state index contributed by atoms with van der Waals surface area (Å²) in [6.45, 7) is 4.38. The number of aromatic nitrogens is 4. The number of aliphatic hydroxyl groups excluding tert-OH is 4. The van der Waals surface area contributed by atoms with E-state index in [9.17, 15) is 20.4 Å². The Morgan fingerprint density at radius 3 is 1.14 bits per heavy atom. The summed E-state index contributed by atoms with van der Waals surface area (Å²) in [6, 6.07) is 0. The molecule has 0 saturated carbocycles. The van der Waals surface area contributed by atoms with Crippen molar-refractivity contribution in [2.24, 2.45) is 0 Å². The van der Waals surface area contributed by atoms with Crippen molar-refractivity contribution in [1.82, 2.24) is 19.9 Å². The van der Waals surface area contributed by atoms with Crippen molar-refractivity contribution in [2.45, 2.75) is 38.5 Å². The minimum absolute atomic E-state index is 0. The summed E-state index contributed by atoms with van der Waals surface area (Å²) >= 11 is 0. The van der Waals surface area contributed by atoms with Crippen LogP contribution >= 0.6 is 12.4 Å². The van der Waals surface area contributed by atoms with E-state index in [4.69, 9.17) is 19.9 Å². The molecule has 0 atom stereocenters. The molecule has 0 aromatic carbocycles. The fourth-order valence-corrected chi connectivity index (χ4v) is 5.00. The fourth-order valence-electron chi connectivity index (χ4n) is 5.00. The zero-order valence-electron chi connectivity index (χ0n) is 21.5. The normalized spacial score (nSPS) is 16.1. The van der Waals surface area contributed by atoms with Crippen molar-refractivity contribution in [1.29, 1.82) is 0 Å². The van der Waals surface area contributed by atoms with Crippen molar-refractivity contribution in [3.05, 3.63) is 0 Å². The van der Waals surface area contributed by atoms with Gasteiger partial charge in [0.25, 0.3) is 0 Å². The Kier molecular flexibility index (Phi) is 11.6. The molecule has 13 heteroatoms. The van der Waals surface area contributed by atoms with Gasteiger partial charge in [-0.1, -0.05) is 0 Å². The van der Waals surface area contributed by atoms with Gasteiger partial charge in [-0.15, -0.1) is 12.4 Å². The molecule has 2 aliphatic heterocycles. The molecule has 4 rings (SSSR count). The van der Waals surface area contributed by atoms with E-state index in [1.807, 2.05) is 0 Å². The highest BCUT2D eigenvalue weighted by Gasteiger charge is 2.27. The summed E-state index contributed by atoms with van der Waals surface area (Å²) in [5.41, 5.74) is 1.31. The zero-order chi connectivity index (χ0) is 25.3. The maximum atomic E-state index is 9.64. The first-order chi connectivity index (χ1) is 17.7. The summed E-state index contributed by atoms with van der Waals surface area (Å²) in [6.07, 6.45) is 6.61. The molecule has 0 amide bonds. The molecule has 2 fully saturated rings. The van der Waals surface area contributed by atoms with Crippen molar-refractivity contribution < 1.29 is 20.4 Å². The molecule has 37 heavy (non-hydrogen) atoms. The second kappa shape index (κ2) is 14.6. The number of nitrogens with zero attached hydrogens (tertiary/aromatic N) is 8. The van der Waals surface area contributed by atoms with Crippen LogP contribution in [-0.4, -0.2) is 119 Å². The van der Waals surface area contributed by atoms with E-state index in [0.717, 1.165) is 63.5 Å². The molecule has 2 aliphatic rings. The summed E-state index contributed by atoms with van der Waals surface area (Å²) < 4.78 is 0. The van der Waals surface area contributed by atoms with E-state index in [1.165, 1.54) is 12.8 Å². The minimum atomic E-state index is -0.0772. The van der Waals surface area contributed by atoms with Gasteiger partial charge < -0.3 is 40.0 Å². The lowest BCUT2D eigenvalue weighted by atomic mass is 10.1. The van der Waals surface area contributed by atoms with Gasteiger partial charge in [-0.05, 0) is 38.5 Å². The zero-order valence-corrected chi connectivity index (χ0v) is 22.3. The number of anilines is 4. The number of halogens is 1. The van der Waals surface area contributed by atoms with E-state index >= 15 is 0 Å². The summed E-state index contributed by atoms with van der Waals surface area (Å²) in [7, 11) is 0. The number of rotatable bonds is 12. The highest BCUT2D eigenvalue weighted by atomic mass is 35.5. The lowest BCUT2D eigenvalue weighted by molar-refractivity contribution is 0.279. The first kappa shape index (κ1) is 29.3. The number of aliphatic hydroxyl groups is 4. The average molecular weight is 541 g/mol. The van der Waals surface area contributed by atoms with Gasteiger partial charge >= 0.3 is 0 Å². The quantitative estimate of drug-likeness (QED) is 0.295. The Hall–Kier alpha value is -2.25. The molecule has 0 aliphatic carbocycles. The smallest absolute Gasteiger partial charge is 0.228 e. The van der Waals surface area contributed by atoms with Crippen LogP contribution in [0.2, 0.25) is 0 Å². The van der Waals surface area contributed by atoms with Gasteiger partial charge in [-0.25, -0.2) is 9.97 Å². The molecule has 0 radical (unpaired) electrons. The number of hydrogen-bond acceptors (Lipinski definition) is 12. The molecule has 208 valence electrons. The first-order valence-corrected chi connectivity index (χ1v) is 13.2. The molecule has 0 unspecified atom stereocenters. The summed E-state index contributed by atoms with van der Waals surface area (Å²) in [4.78, 5) is 27.8. The van der Waals surface area contributed by atoms with Gasteiger partial charge in [-0.2, -0.15) is 9.97 Å². The second-order valence-corrected chi connectivity index (χ2v) is 9.36. The van der Waals surface area contributed by atoms with Gasteiger partial charge in [0, 0.05) is 52.4 Å². The number of hydrogen-bond donors (Lipinski definition) is 4. The predicted molar refractivity (Wildman–Crippen MR) is 147 cm³/mol. The van der Waals surface area contributed by atoms with Crippen LogP contribution in [0.25, 0.3) is 11.0 Å². The molecule has 0 bridgehead atoms. The van der Waals surface area contributed by atoms with Gasteiger partial charge in [0.05, 0.1) is 26.4 Å². The summed E-state index contributed by atoms with van der Waals surface area (Å²) in [5, 5.41) is 38.6. The van der Waals surface area contributed by atoms with Crippen molar-refractivity contribution in [3.8, 4) is 0 Å². The molecule has 2 aromatic heterocycles. The Morgan fingerprint density at radius 2 is 0.838 bits per heavy atom. The average Bonchev–Trinajstić information content (AvgIpc) is 2.92. The Morgan fingerprint density at radius 1 is 0.514 bits per heavy atom. The van der Waals surface area contributed by atoms with Crippen LogP contribution in [0, 0.1) is 0 Å². The molecule has 4 heterocycles. The third-order valence-corrected chi connectivity index (χ3v) is 6.84. The largest absolute Gasteiger partial charge is 0.395 e. The maximum Gasteiger partial charge on any atom is 0.228 e. The highest BCUT2D eigenvalue weighted by Crippen LogP contribution is 2.34. The SMILES string of the molecule is Cl.OCCN(CCO)c1nc(N2CCCCC2)c2nc(N(CCO)CCO)nc(N3CCCCC3)c2n1. The van der Waals surface area contributed by atoms with E-state index in [-0.39, 0.29) is 38.8 Å². The molecular weight excluding hydrogens is 500 g/mol. The topological polar surface area (TPSA) is 145 Å². The Labute approximate surface area is 224 Å². The van der Waals surface area contributed by atoms with Crippen LogP contribution in [0.4, 0.5) is 23.5 Å². The van der Waals surface area contributed by atoms with E-state index in [1.54, 1.807) is 9.80 Å². The van der Waals surface area contributed by atoms with Crippen LogP contribution in [0.5, 0.6) is 0 Å². The fraction of sp³-hybridized carbons (Fsp3) is 0.750. The highest BCUT2D eigenvalue weighted by molar-refractivity contribution is 5.95. The van der Waals surface area contributed by atoms with Gasteiger partial charge in [-0.3, -0.25) is 0 Å². The molecular formula is C24H41ClN8O4. The predicted octanol–water partition coefficient (Wildman–Crippen LogP) is 0.404. The third kappa shape index (κ3) is 6.99. The molecule has 2 saturated heterocycles. The Balaban J connectivity index is 0.00000380. The van der Waals surface area contributed by atoms with Gasteiger partial charge in [0.2, 0.25) is 11.9 Å². The minimum Gasteiger partial charge on any atom is -0.395 e. The first-order valence-electron chi connectivity index (χ1n) is 13.2. The lowest BCUT2D eigenvalue weighted by Crippen LogP contribution is -2.36. The molecule has 12 nitrogen and oxygen atoms in total. The van der Waals surface area contributed by atoms with Crippen LogP contribution < -0.4 is 19.6 Å².